The third-order valence-electron chi connectivity index (χ3n) is 10.1. The Labute approximate surface area is 435 Å². The van der Waals surface area contributed by atoms with Crippen molar-refractivity contribution in [2.45, 2.75) is 59.0 Å². The molecule has 0 radical (unpaired) electrons. The highest BCUT2D eigenvalue weighted by Gasteiger charge is 2.26. The van der Waals surface area contributed by atoms with Gasteiger partial charge in [-0.2, -0.15) is 20.5 Å². The van der Waals surface area contributed by atoms with Crippen LogP contribution in [0.25, 0.3) is 0 Å². The number of nitrogens with one attached hydrogen (secondary N) is 4. The lowest BCUT2D eigenvalue weighted by Crippen LogP contribution is -2.32. The molecule has 0 spiro atoms. The number of azo groups is 2. The number of alkyl halides is 3. The topological polar surface area (TPSA) is 218 Å². The van der Waals surface area contributed by atoms with E-state index in [-0.39, 0.29) is 56.2 Å². The lowest BCUT2D eigenvalue weighted by molar-refractivity contribution is -0.127. The van der Waals surface area contributed by atoms with Gasteiger partial charge in [0.25, 0.3) is 23.6 Å². The quantitative estimate of drug-likeness (QED) is 0.0264. The molecule has 4 amide bonds. The van der Waals surface area contributed by atoms with Crippen LogP contribution in [0.4, 0.5) is 34.1 Å². The van der Waals surface area contributed by atoms with Crippen LogP contribution in [0.3, 0.4) is 0 Å². The Bertz CT molecular complexity index is 2850. The third-order valence-corrected chi connectivity index (χ3v) is 11.1. The molecule has 5 aromatic carbocycles. The van der Waals surface area contributed by atoms with Gasteiger partial charge in [0, 0.05) is 50.2 Å². The van der Waals surface area contributed by atoms with Crippen molar-refractivity contribution in [3.05, 3.63) is 129 Å². The van der Waals surface area contributed by atoms with E-state index in [4.69, 9.17) is 67.5 Å². The van der Waals surface area contributed by atoms with Gasteiger partial charge in [0.05, 0.1) is 36.0 Å². The maximum atomic E-state index is 13.6. The molecule has 0 bridgehead atoms. The van der Waals surface area contributed by atoms with E-state index in [0.717, 1.165) is 11.1 Å². The fraction of sp³-hybridized carbons (Fsp3) is 0.280. The molecule has 0 aliphatic carbocycles. The summed E-state index contributed by atoms with van der Waals surface area (Å²) in [5.41, 5.74) is 4.07. The summed E-state index contributed by atoms with van der Waals surface area (Å²) in [7, 11) is 0. The van der Waals surface area contributed by atoms with Crippen molar-refractivity contribution in [2.24, 2.45) is 20.5 Å². The van der Waals surface area contributed by atoms with Crippen molar-refractivity contribution in [1.29, 1.82) is 0 Å². The van der Waals surface area contributed by atoms with Crippen LogP contribution in [0, 0.1) is 0 Å². The monoisotopic (exact) mass is 1060 g/mol. The number of hydrogen-bond acceptors (Lipinski definition) is 12. The zero-order valence-electron chi connectivity index (χ0n) is 38.9. The van der Waals surface area contributed by atoms with Crippen LogP contribution in [0.2, 0.25) is 10.0 Å². The minimum Gasteiger partial charge on any atom is -0.492 e. The van der Waals surface area contributed by atoms with Crippen LogP contribution in [-0.2, 0) is 38.4 Å². The van der Waals surface area contributed by atoms with E-state index in [1.807, 2.05) is 26.0 Å². The summed E-state index contributed by atoms with van der Waals surface area (Å²) in [5.74, 6) is -2.14. The van der Waals surface area contributed by atoms with E-state index in [2.05, 4.69) is 41.7 Å². The van der Waals surface area contributed by atoms with Crippen molar-refractivity contribution >= 4 is 127 Å². The molecule has 2 atom stereocenters. The molecule has 5 aromatic rings. The molecule has 0 saturated heterocycles. The third kappa shape index (κ3) is 16.3. The number of carbonyl (C=O) groups is 6. The SMILES string of the molecule is CCOc1cc(CCCl)ccc1NC(=O)c1cc(Cl)cc(N=NC(C(C)=O)C(=O)Nc2ccc(NC(=O)C(N=Nc3cc(Cl)cc(C(=O)Nc4ccc(CCCl)cc4OCC)c3)C(C)=O)c(CCCl)c2)c1. The Hall–Kier alpha value is -6.43. The Balaban J connectivity index is 1.27. The van der Waals surface area contributed by atoms with E-state index in [1.54, 1.807) is 24.3 Å². The summed E-state index contributed by atoms with van der Waals surface area (Å²) >= 11 is 30.6. The van der Waals surface area contributed by atoms with Gasteiger partial charge in [-0.15, -0.1) is 34.8 Å². The number of ketones is 2. The van der Waals surface area contributed by atoms with Gasteiger partial charge >= 0.3 is 0 Å². The van der Waals surface area contributed by atoms with E-state index >= 15 is 0 Å². The van der Waals surface area contributed by atoms with Gasteiger partial charge in [-0.05, 0) is 143 Å². The van der Waals surface area contributed by atoms with Gasteiger partial charge in [0.1, 0.15) is 11.5 Å². The van der Waals surface area contributed by atoms with Crippen LogP contribution in [0.1, 0.15) is 65.1 Å². The number of ether oxygens (including phenoxy) is 2. The molecule has 71 heavy (non-hydrogen) atoms. The number of Topliss-reactive ketones (excluding diaryl/α,β-unsaturated/α-hetero) is 2. The summed E-state index contributed by atoms with van der Waals surface area (Å²) < 4.78 is 11.5. The van der Waals surface area contributed by atoms with Gasteiger partial charge in [0.15, 0.2) is 11.6 Å². The molecule has 0 aliphatic rings. The molecule has 0 aromatic heterocycles. The van der Waals surface area contributed by atoms with Gasteiger partial charge < -0.3 is 30.7 Å². The summed E-state index contributed by atoms with van der Waals surface area (Å²) in [6, 6.07) is 20.4. The van der Waals surface area contributed by atoms with Crippen LogP contribution < -0.4 is 30.7 Å². The molecule has 0 saturated carbocycles. The van der Waals surface area contributed by atoms with Gasteiger partial charge in [-0.1, -0.05) is 35.3 Å². The van der Waals surface area contributed by atoms with Crippen LogP contribution in [-0.4, -0.2) is 78.1 Å². The highest BCUT2D eigenvalue weighted by atomic mass is 35.5. The number of nitrogens with zero attached hydrogens (tertiary/aromatic N) is 4. The smallest absolute Gasteiger partial charge is 0.258 e. The van der Waals surface area contributed by atoms with E-state index < -0.39 is 47.3 Å². The first-order valence-corrected chi connectivity index (χ1v) is 24.4. The second-order valence-corrected chi connectivity index (χ2v) is 17.5. The number of hydrogen-bond donors (Lipinski definition) is 4. The van der Waals surface area contributed by atoms with E-state index in [1.165, 1.54) is 68.4 Å². The minimum absolute atomic E-state index is 0.0911. The largest absolute Gasteiger partial charge is 0.492 e. The fourth-order valence-corrected chi connectivity index (χ4v) is 7.83. The number of halogens is 5. The van der Waals surface area contributed by atoms with E-state index in [0.29, 0.717) is 66.3 Å². The molecule has 4 N–H and O–H groups in total. The van der Waals surface area contributed by atoms with Crippen molar-refractivity contribution in [1.82, 2.24) is 0 Å². The maximum absolute atomic E-state index is 13.6. The van der Waals surface area contributed by atoms with Crippen molar-refractivity contribution < 1.29 is 38.2 Å². The predicted molar refractivity (Wildman–Crippen MR) is 279 cm³/mol. The predicted octanol–water partition coefficient (Wildman–Crippen LogP) is 12.0. The summed E-state index contributed by atoms with van der Waals surface area (Å²) in [5, 5.41) is 27.4. The Morgan fingerprint density at radius 3 is 1.38 bits per heavy atom. The molecule has 0 heterocycles. The summed E-state index contributed by atoms with van der Waals surface area (Å²) in [6.07, 6.45) is 1.44. The molecule has 5 rings (SSSR count). The standard InChI is InChI=1S/C50H49Cl5N8O8/c1-5-70-43-19-30(13-16-51)7-10-41(43)58-47(66)33-21-35(54)26-38(24-33)60-62-45(28(3)64)49(68)56-37-9-12-40(32(23-37)15-18-53)57-50(69)46(29(4)65)63-61-39-25-34(22-36(55)27-39)48(67)59-42-11-8-31(14-17-52)20-44(42)71-6-2/h7-12,19-27,45-46H,5-6,13-18H2,1-4H3,(H,56,68)(H,57,69)(H,58,66)(H,59,67). The Morgan fingerprint density at radius 1 is 0.521 bits per heavy atom. The minimum atomic E-state index is -1.62. The second kappa shape index (κ2) is 27.2. The van der Waals surface area contributed by atoms with Crippen molar-refractivity contribution in [2.75, 3.05) is 52.1 Å². The normalized spacial score (nSPS) is 12.0. The van der Waals surface area contributed by atoms with Gasteiger partial charge in [-0.3, -0.25) is 28.8 Å². The average molecular weight is 1070 g/mol. The Morgan fingerprint density at radius 2 is 0.958 bits per heavy atom. The number of rotatable bonds is 24. The zero-order chi connectivity index (χ0) is 51.6. The number of amides is 4. The second-order valence-electron chi connectivity index (χ2n) is 15.5. The number of aryl methyl sites for hydroxylation is 3. The molecular weight excluding hydrogens is 1020 g/mol. The molecule has 0 fully saturated rings. The van der Waals surface area contributed by atoms with Crippen LogP contribution in [0.5, 0.6) is 11.5 Å². The first-order valence-electron chi connectivity index (χ1n) is 22.1. The zero-order valence-corrected chi connectivity index (χ0v) is 42.7. The van der Waals surface area contributed by atoms with Crippen molar-refractivity contribution in [3.8, 4) is 11.5 Å². The van der Waals surface area contributed by atoms with Crippen LogP contribution in [0.15, 0.2) is 111 Å². The van der Waals surface area contributed by atoms with Crippen molar-refractivity contribution in [3.63, 3.8) is 0 Å². The summed E-state index contributed by atoms with van der Waals surface area (Å²) in [6.45, 7) is 6.70. The Kier molecular flexibility index (Phi) is 21.3. The van der Waals surface area contributed by atoms with E-state index in [9.17, 15) is 28.8 Å². The molecule has 2 unspecified atom stereocenters. The molecule has 21 heteroatoms. The first kappa shape index (κ1) is 55.5. The summed E-state index contributed by atoms with van der Waals surface area (Å²) in [4.78, 5) is 79.3. The molecule has 0 aliphatic heterocycles. The van der Waals surface area contributed by atoms with Gasteiger partial charge in [0.2, 0.25) is 12.1 Å². The fourth-order valence-electron chi connectivity index (χ4n) is 6.73. The first-order chi connectivity index (χ1) is 34.0. The molecule has 372 valence electrons. The van der Waals surface area contributed by atoms with Gasteiger partial charge in [-0.25, -0.2) is 0 Å². The highest BCUT2D eigenvalue weighted by molar-refractivity contribution is 6.32. The lowest BCUT2D eigenvalue weighted by Gasteiger charge is -2.15. The number of anilines is 4. The lowest BCUT2D eigenvalue weighted by atomic mass is 10.1. The maximum Gasteiger partial charge on any atom is 0.258 e. The molecule has 16 nitrogen and oxygen atoms in total. The number of benzene rings is 5. The molecular formula is C50H49Cl5N8O8. The average Bonchev–Trinajstić information content (AvgIpc) is 3.31. The number of carbonyl (C=O) groups excluding carboxylic acids is 6. The van der Waals surface area contributed by atoms with Crippen LogP contribution >= 0.6 is 58.0 Å². The highest BCUT2D eigenvalue weighted by Crippen LogP contribution is 2.31.